The molecule has 0 aromatic heterocycles. The second-order valence-corrected chi connectivity index (χ2v) is 14.4. The highest BCUT2D eigenvalue weighted by Gasteiger charge is 2.22. The van der Waals surface area contributed by atoms with Crippen LogP contribution in [0.4, 0.5) is 34.1 Å². The Morgan fingerprint density at radius 1 is 0.267 bits per heavy atom. The average molecular weight is 785 g/mol. The lowest BCUT2D eigenvalue weighted by molar-refractivity contribution is 0.414. The van der Waals surface area contributed by atoms with Crippen molar-refractivity contribution in [3.8, 4) is 45.3 Å². The van der Waals surface area contributed by atoms with Gasteiger partial charge in [0.2, 0.25) is 0 Å². The van der Waals surface area contributed by atoms with Crippen LogP contribution in [0.1, 0.15) is 0 Å². The highest BCUT2D eigenvalue weighted by Crippen LogP contribution is 2.48. The third-order valence-electron chi connectivity index (χ3n) is 11.0. The van der Waals surface area contributed by atoms with E-state index in [1.165, 1.54) is 11.1 Å². The molecule has 0 spiro atoms. The molecule has 6 nitrogen and oxygen atoms in total. The van der Waals surface area contributed by atoms with Crippen LogP contribution in [0.3, 0.4) is 0 Å². The van der Waals surface area contributed by atoms with E-state index >= 15 is 0 Å². The second kappa shape index (κ2) is 16.6. The molecule has 294 valence electrons. The van der Waals surface area contributed by atoms with E-state index in [1.54, 1.807) is 28.4 Å². The fraction of sp³-hybridized carbons (Fsp3) is 0.0741. The minimum Gasteiger partial charge on any atom is -0.497 e. The zero-order valence-electron chi connectivity index (χ0n) is 34.0. The van der Waals surface area contributed by atoms with Crippen LogP contribution >= 0.6 is 0 Å². The predicted molar refractivity (Wildman–Crippen MR) is 248 cm³/mol. The summed E-state index contributed by atoms with van der Waals surface area (Å²) in [5.74, 6) is 3.20. The Labute approximate surface area is 351 Å². The van der Waals surface area contributed by atoms with Crippen LogP contribution in [-0.4, -0.2) is 28.4 Å². The maximum Gasteiger partial charge on any atom is 0.119 e. The van der Waals surface area contributed by atoms with Crippen LogP contribution in [0.25, 0.3) is 43.8 Å². The van der Waals surface area contributed by atoms with Crippen LogP contribution in [-0.2, 0) is 0 Å². The molecule has 0 fully saturated rings. The zero-order valence-corrected chi connectivity index (χ0v) is 34.0. The van der Waals surface area contributed by atoms with Gasteiger partial charge in [0, 0.05) is 34.1 Å². The molecule has 0 N–H and O–H groups in total. The van der Waals surface area contributed by atoms with Gasteiger partial charge in [0.25, 0.3) is 0 Å². The van der Waals surface area contributed by atoms with Gasteiger partial charge in [-0.25, -0.2) is 0 Å². The van der Waals surface area contributed by atoms with Crippen molar-refractivity contribution in [1.82, 2.24) is 0 Å². The number of anilines is 6. The first-order valence-electron chi connectivity index (χ1n) is 19.9. The van der Waals surface area contributed by atoms with Gasteiger partial charge in [-0.2, -0.15) is 0 Å². The Kier molecular flexibility index (Phi) is 10.5. The standard InChI is InChI=1S/C54H44N2O4/c1-57-45-25-15-39(16-26-45)55(40-17-27-46(58-2)28-18-40)43-23-33-49-51(35-43)53(37-11-7-5-8-12-37)50-34-24-44(36-52(50)54(49)38-13-9-6-10-14-38)56(41-19-29-47(59-3)30-20-41)42-21-31-48(60-4)32-22-42/h5-36H,1-4H3. The molecular weight excluding hydrogens is 741 g/mol. The van der Waals surface area contributed by atoms with Crippen molar-refractivity contribution in [3.63, 3.8) is 0 Å². The molecule has 0 aliphatic carbocycles. The third-order valence-corrected chi connectivity index (χ3v) is 11.0. The smallest absolute Gasteiger partial charge is 0.119 e. The van der Waals surface area contributed by atoms with Crippen molar-refractivity contribution in [3.05, 3.63) is 194 Å². The van der Waals surface area contributed by atoms with Gasteiger partial charge in [-0.1, -0.05) is 72.8 Å². The molecule has 6 heteroatoms. The van der Waals surface area contributed by atoms with Crippen LogP contribution in [0, 0.1) is 0 Å². The van der Waals surface area contributed by atoms with E-state index in [1.807, 2.05) is 48.5 Å². The third kappa shape index (κ3) is 7.20. The van der Waals surface area contributed by atoms with Gasteiger partial charge < -0.3 is 28.7 Å². The second-order valence-electron chi connectivity index (χ2n) is 14.4. The van der Waals surface area contributed by atoms with E-state index < -0.39 is 0 Å². The lowest BCUT2D eigenvalue weighted by Gasteiger charge is -2.28. The van der Waals surface area contributed by atoms with Gasteiger partial charge in [-0.05, 0) is 165 Å². The molecule has 0 atom stereocenters. The van der Waals surface area contributed by atoms with E-state index in [0.29, 0.717) is 0 Å². The molecule has 0 heterocycles. The molecule has 9 aromatic rings. The fourth-order valence-electron chi connectivity index (χ4n) is 8.13. The van der Waals surface area contributed by atoms with E-state index in [0.717, 1.165) is 89.8 Å². The lowest BCUT2D eigenvalue weighted by Crippen LogP contribution is -2.10. The number of nitrogens with zero attached hydrogens (tertiary/aromatic N) is 2. The van der Waals surface area contributed by atoms with E-state index in [-0.39, 0.29) is 0 Å². The summed E-state index contributed by atoms with van der Waals surface area (Å²) < 4.78 is 22.2. The number of ether oxygens (including phenoxy) is 4. The largest absolute Gasteiger partial charge is 0.497 e. The van der Waals surface area contributed by atoms with E-state index in [9.17, 15) is 0 Å². The quantitative estimate of drug-likeness (QED) is 0.115. The molecule has 60 heavy (non-hydrogen) atoms. The molecule has 0 amide bonds. The Bertz CT molecular complexity index is 2580. The summed E-state index contributed by atoms with van der Waals surface area (Å²) in [5, 5.41) is 4.59. The molecule has 9 rings (SSSR count). The number of methoxy groups -OCH3 is 4. The van der Waals surface area contributed by atoms with Gasteiger partial charge in [-0.3, -0.25) is 0 Å². The van der Waals surface area contributed by atoms with Crippen molar-refractivity contribution < 1.29 is 18.9 Å². The summed E-state index contributed by atoms with van der Waals surface area (Å²) in [7, 11) is 6.77. The van der Waals surface area contributed by atoms with Crippen molar-refractivity contribution in [2.24, 2.45) is 0 Å². The maximum atomic E-state index is 5.55. The number of fused-ring (bicyclic) bond motifs is 2. The molecule has 0 saturated heterocycles. The summed E-state index contributed by atoms with van der Waals surface area (Å²) >= 11 is 0. The Morgan fingerprint density at radius 2 is 0.533 bits per heavy atom. The first-order valence-corrected chi connectivity index (χ1v) is 19.9. The van der Waals surface area contributed by atoms with Crippen molar-refractivity contribution in [1.29, 1.82) is 0 Å². The summed E-state index contributed by atoms with van der Waals surface area (Å²) in [5.41, 5.74) is 10.7. The SMILES string of the molecule is COc1ccc(N(c2ccc(OC)cc2)c2ccc3c(-c4ccccc4)c4cc(N(c5ccc(OC)cc5)c5ccc(OC)cc5)ccc4c(-c4ccccc4)c3c2)cc1. The summed E-state index contributed by atoms with van der Waals surface area (Å²) in [6, 6.07) is 68.0. The minimum atomic E-state index is 0.800. The molecular formula is C54H44N2O4. The van der Waals surface area contributed by atoms with Crippen LogP contribution in [0.5, 0.6) is 23.0 Å². The minimum absolute atomic E-state index is 0.800. The Hall–Kier alpha value is -7.70. The molecule has 0 bridgehead atoms. The zero-order chi connectivity index (χ0) is 41.0. The summed E-state index contributed by atoms with van der Waals surface area (Å²) in [4.78, 5) is 4.56. The van der Waals surface area contributed by atoms with Crippen molar-refractivity contribution in [2.75, 3.05) is 38.2 Å². The molecule has 0 radical (unpaired) electrons. The number of benzene rings is 9. The average Bonchev–Trinajstić information content (AvgIpc) is 3.32. The first kappa shape index (κ1) is 37.9. The van der Waals surface area contributed by atoms with Gasteiger partial charge in [0.05, 0.1) is 28.4 Å². The normalized spacial score (nSPS) is 11.0. The predicted octanol–water partition coefficient (Wildman–Crippen LogP) is 14.3. The summed E-state index contributed by atoms with van der Waals surface area (Å²) in [6.07, 6.45) is 0. The number of hydrogen-bond acceptors (Lipinski definition) is 6. The Balaban J connectivity index is 1.33. The molecule has 0 saturated carbocycles. The fourth-order valence-corrected chi connectivity index (χ4v) is 8.13. The summed E-state index contributed by atoms with van der Waals surface area (Å²) in [6.45, 7) is 0. The topological polar surface area (TPSA) is 43.4 Å². The highest BCUT2D eigenvalue weighted by atomic mass is 16.5. The Morgan fingerprint density at radius 3 is 0.800 bits per heavy atom. The van der Waals surface area contributed by atoms with Gasteiger partial charge in [0.1, 0.15) is 23.0 Å². The van der Waals surface area contributed by atoms with E-state index in [2.05, 4.69) is 155 Å². The lowest BCUT2D eigenvalue weighted by atomic mass is 9.85. The molecule has 0 unspecified atom stereocenters. The van der Waals surface area contributed by atoms with Gasteiger partial charge >= 0.3 is 0 Å². The molecule has 0 aliphatic heterocycles. The van der Waals surface area contributed by atoms with Crippen LogP contribution < -0.4 is 28.7 Å². The molecule has 9 aromatic carbocycles. The van der Waals surface area contributed by atoms with Crippen molar-refractivity contribution in [2.45, 2.75) is 0 Å². The monoisotopic (exact) mass is 784 g/mol. The first-order chi connectivity index (χ1) is 29.6. The van der Waals surface area contributed by atoms with Gasteiger partial charge in [0.15, 0.2) is 0 Å². The highest BCUT2D eigenvalue weighted by molar-refractivity contribution is 6.22. The van der Waals surface area contributed by atoms with Crippen molar-refractivity contribution >= 4 is 55.7 Å². The maximum absolute atomic E-state index is 5.55. The number of rotatable bonds is 12. The van der Waals surface area contributed by atoms with Gasteiger partial charge in [-0.15, -0.1) is 0 Å². The number of hydrogen-bond donors (Lipinski definition) is 0. The van der Waals surface area contributed by atoms with Crippen LogP contribution in [0.15, 0.2) is 194 Å². The van der Waals surface area contributed by atoms with E-state index in [4.69, 9.17) is 18.9 Å². The molecule has 0 aliphatic rings. The van der Waals surface area contributed by atoms with Crippen LogP contribution in [0.2, 0.25) is 0 Å².